The van der Waals surface area contributed by atoms with Crippen LogP contribution in [0, 0.1) is 5.92 Å². The van der Waals surface area contributed by atoms with Crippen LogP contribution in [0.1, 0.15) is 37.7 Å². The molecule has 1 amide bonds. The highest BCUT2D eigenvalue weighted by atomic mass is 16.6. The molecule has 1 aromatic rings. The quantitative estimate of drug-likeness (QED) is 0.930. The van der Waals surface area contributed by atoms with Crippen molar-refractivity contribution in [1.82, 2.24) is 4.90 Å². The second-order valence-corrected chi connectivity index (χ2v) is 6.13. The fourth-order valence-corrected chi connectivity index (χ4v) is 3.80. The highest BCUT2D eigenvalue weighted by Gasteiger charge is 2.44. The fraction of sp³-hybridized carbons (Fsp3) is 0.588. The van der Waals surface area contributed by atoms with Crippen LogP contribution in [0.3, 0.4) is 0 Å². The fourth-order valence-electron chi connectivity index (χ4n) is 3.80. The molecule has 1 unspecified atom stereocenters. The van der Waals surface area contributed by atoms with Crippen molar-refractivity contribution in [2.75, 3.05) is 6.61 Å². The first-order chi connectivity index (χ1) is 10.3. The number of hydrogen-bond acceptors (Lipinski definition) is 3. The molecule has 0 bridgehead atoms. The van der Waals surface area contributed by atoms with Gasteiger partial charge in [-0.3, -0.25) is 4.90 Å². The van der Waals surface area contributed by atoms with Gasteiger partial charge >= 0.3 is 6.09 Å². The summed E-state index contributed by atoms with van der Waals surface area (Å²) in [4.78, 5) is 14.2. The molecule has 1 aliphatic carbocycles. The zero-order chi connectivity index (χ0) is 14.7. The Labute approximate surface area is 125 Å². The molecule has 1 saturated heterocycles. The summed E-state index contributed by atoms with van der Waals surface area (Å²) in [5, 5.41) is 9.57. The smallest absolute Gasteiger partial charge is 0.410 e. The molecule has 21 heavy (non-hydrogen) atoms. The Balaban J connectivity index is 1.64. The third kappa shape index (κ3) is 3.05. The summed E-state index contributed by atoms with van der Waals surface area (Å²) in [6, 6.07) is 9.91. The molecule has 1 heterocycles. The molecule has 0 radical (unpaired) electrons. The highest BCUT2D eigenvalue weighted by Crippen LogP contribution is 2.39. The number of hydrogen-bond donors (Lipinski definition) is 1. The lowest BCUT2D eigenvalue weighted by atomic mass is 9.85. The van der Waals surface area contributed by atoms with E-state index in [2.05, 4.69) is 0 Å². The van der Waals surface area contributed by atoms with E-state index >= 15 is 0 Å². The summed E-state index contributed by atoms with van der Waals surface area (Å²) >= 11 is 0. The number of ether oxygens (including phenoxy) is 1. The molecule has 2 aliphatic rings. The zero-order valence-electron chi connectivity index (χ0n) is 12.3. The van der Waals surface area contributed by atoms with Crippen LogP contribution >= 0.6 is 0 Å². The van der Waals surface area contributed by atoms with Crippen molar-refractivity contribution < 1.29 is 14.6 Å². The van der Waals surface area contributed by atoms with Crippen LogP contribution in [0.25, 0.3) is 0 Å². The molecule has 4 nitrogen and oxygen atoms in total. The van der Waals surface area contributed by atoms with Crippen LogP contribution in [0.15, 0.2) is 30.3 Å². The van der Waals surface area contributed by atoms with Gasteiger partial charge in [0.1, 0.15) is 6.61 Å². The molecule has 1 saturated carbocycles. The first-order valence-electron chi connectivity index (χ1n) is 7.89. The van der Waals surface area contributed by atoms with E-state index in [1.807, 2.05) is 35.2 Å². The van der Waals surface area contributed by atoms with E-state index in [0.717, 1.165) is 18.4 Å². The number of benzene rings is 1. The first-order valence-corrected chi connectivity index (χ1v) is 7.89. The summed E-state index contributed by atoms with van der Waals surface area (Å²) in [5.74, 6) is 0.542. The number of rotatable bonds is 3. The number of carbonyl (C=O) groups is 1. The van der Waals surface area contributed by atoms with Crippen molar-refractivity contribution >= 4 is 6.09 Å². The minimum Gasteiger partial charge on any atom is -0.445 e. The molecule has 4 heteroatoms. The molecule has 1 N–H and O–H groups in total. The van der Waals surface area contributed by atoms with Crippen LogP contribution in [-0.2, 0) is 11.3 Å². The first kappa shape index (κ1) is 14.4. The van der Waals surface area contributed by atoms with Gasteiger partial charge in [-0.15, -0.1) is 0 Å². The Morgan fingerprint density at radius 1 is 1.24 bits per heavy atom. The summed E-state index contributed by atoms with van der Waals surface area (Å²) in [7, 11) is 0. The Morgan fingerprint density at radius 2 is 2.00 bits per heavy atom. The van der Waals surface area contributed by atoms with Gasteiger partial charge in [-0.2, -0.15) is 0 Å². The van der Waals surface area contributed by atoms with Crippen molar-refractivity contribution in [3.8, 4) is 0 Å². The van der Waals surface area contributed by atoms with E-state index in [0.29, 0.717) is 12.5 Å². The number of aliphatic hydroxyl groups excluding tert-OH is 1. The van der Waals surface area contributed by atoms with E-state index in [1.165, 1.54) is 19.3 Å². The second kappa shape index (κ2) is 6.48. The van der Waals surface area contributed by atoms with Crippen molar-refractivity contribution in [3.05, 3.63) is 35.9 Å². The number of likely N-dealkylation sites (tertiary alicyclic amines) is 1. The van der Waals surface area contributed by atoms with Crippen LogP contribution in [0.4, 0.5) is 4.79 Å². The number of carbonyl (C=O) groups excluding carboxylic acids is 1. The van der Waals surface area contributed by atoms with Gasteiger partial charge in [0.25, 0.3) is 0 Å². The molecular formula is C17H23NO3. The lowest BCUT2D eigenvalue weighted by Gasteiger charge is -2.32. The SMILES string of the molecule is O=C(OCc1ccccc1)N1C(CO)C[C@@H]2CCCC[C@@H]21. The van der Waals surface area contributed by atoms with E-state index in [-0.39, 0.29) is 24.8 Å². The van der Waals surface area contributed by atoms with Crippen molar-refractivity contribution in [1.29, 1.82) is 0 Å². The maximum Gasteiger partial charge on any atom is 0.410 e. The van der Waals surface area contributed by atoms with Crippen molar-refractivity contribution in [2.24, 2.45) is 5.92 Å². The molecule has 1 aromatic carbocycles. The van der Waals surface area contributed by atoms with Crippen molar-refractivity contribution in [3.63, 3.8) is 0 Å². The predicted molar refractivity (Wildman–Crippen MR) is 79.7 cm³/mol. The largest absolute Gasteiger partial charge is 0.445 e. The minimum absolute atomic E-state index is 0.0352. The predicted octanol–water partition coefficient (Wildman–Crippen LogP) is 2.95. The van der Waals surface area contributed by atoms with Gasteiger partial charge in [0, 0.05) is 6.04 Å². The summed E-state index contributed by atoms with van der Waals surface area (Å²) < 4.78 is 5.47. The van der Waals surface area contributed by atoms with Gasteiger partial charge in [0.15, 0.2) is 0 Å². The van der Waals surface area contributed by atoms with Crippen LogP contribution < -0.4 is 0 Å². The van der Waals surface area contributed by atoms with Crippen molar-refractivity contribution in [2.45, 2.75) is 50.8 Å². The molecule has 1 aliphatic heterocycles. The summed E-state index contributed by atoms with van der Waals surface area (Å²) in [6.45, 7) is 0.332. The lowest BCUT2D eigenvalue weighted by molar-refractivity contribution is 0.0578. The van der Waals surface area contributed by atoms with E-state index < -0.39 is 0 Å². The van der Waals surface area contributed by atoms with Gasteiger partial charge < -0.3 is 9.84 Å². The maximum atomic E-state index is 12.4. The van der Waals surface area contributed by atoms with E-state index in [4.69, 9.17) is 4.74 Å². The zero-order valence-corrected chi connectivity index (χ0v) is 12.3. The molecule has 0 aromatic heterocycles. The number of aliphatic hydroxyl groups is 1. The van der Waals surface area contributed by atoms with Gasteiger partial charge in [-0.1, -0.05) is 43.2 Å². The van der Waals surface area contributed by atoms with E-state index in [1.54, 1.807) is 0 Å². The number of amides is 1. The monoisotopic (exact) mass is 289 g/mol. The molecule has 2 fully saturated rings. The molecule has 3 rings (SSSR count). The Bertz CT molecular complexity index is 476. The Kier molecular flexibility index (Phi) is 4.44. The average Bonchev–Trinajstić information content (AvgIpc) is 2.92. The third-order valence-electron chi connectivity index (χ3n) is 4.82. The van der Waals surface area contributed by atoms with Gasteiger partial charge in [0.05, 0.1) is 12.6 Å². The van der Waals surface area contributed by atoms with Gasteiger partial charge in [-0.25, -0.2) is 4.79 Å². The Morgan fingerprint density at radius 3 is 2.76 bits per heavy atom. The molecular weight excluding hydrogens is 266 g/mol. The van der Waals surface area contributed by atoms with Crippen LogP contribution in [-0.4, -0.2) is 34.8 Å². The molecule has 3 atom stereocenters. The third-order valence-corrected chi connectivity index (χ3v) is 4.82. The normalized spacial score (nSPS) is 28.2. The van der Waals surface area contributed by atoms with Crippen LogP contribution in [0.2, 0.25) is 0 Å². The standard InChI is InChI=1S/C17H23NO3/c19-11-15-10-14-8-4-5-9-16(14)18(15)17(20)21-12-13-6-2-1-3-7-13/h1-3,6-7,14-16,19H,4-5,8-12H2/t14-,15?,16-/m0/s1. The highest BCUT2D eigenvalue weighted by molar-refractivity contribution is 5.69. The molecule has 114 valence electrons. The second-order valence-electron chi connectivity index (χ2n) is 6.13. The maximum absolute atomic E-state index is 12.4. The van der Waals surface area contributed by atoms with Gasteiger partial charge in [-0.05, 0) is 30.7 Å². The minimum atomic E-state index is -0.271. The average molecular weight is 289 g/mol. The topological polar surface area (TPSA) is 49.8 Å². The van der Waals surface area contributed by atoms with E-state index in [9.17, 15) is 9.90 Å². The summed E-state index contributed by atoms with van der Waals surface area (Å²) in [5.41, 5.74) is 0.991. The van der Waals surface area contributed by atoms with Gasteiger partial charge in [0.2, 0.25) is 0 Å². The number of nitrogens with zero attached hydrogens (tertiary/aromatic N) is 1. The van der Waals surface area contributed by atoms with Crippen LogP contribution in [0.5, 0.6) is 0 Å². The molecule has 0 spiro atoms. The Hall–Kier alpha value is -1.55. The summed E-state index contributed by atoms with van der Waals surface area (Å²) in [6.07, 6.45) is 5.27. The lowest BCUT2D eigenvalue weighted by Crippen LogP contribution is -2.44. The number of fused-ring (bicyclic) bond motifs is 1.